The van der Waals surface area contributed by atoms with Gasteiger partial charge in [0.15, 0.2) is 5.78 Å². The molecule has 0 atom stereocenters. The number of hydrogen-bond acceptors (Lipinski definition) is 3. The Hall–Kier alpha value is -2.00. The van der Waals surface area contributed by atoms with Crippen molar-refractivity contribution in [1.82, 2.24) is 0 Å². The summed E-state index contributed by atoms with van der Waals surface area (Å²) in [6, 6.07) is 17.8. The topological polar surface area (TPSA) is 26.3 Å². The van der Waals surface area contributed by atoms with Crippen LogP contribution in [-0.2, 0) is 5.75 Å². The molecule has 0 N–H and O–H groups in total. The van der Waals surface area contributed by atoms with Gasteiger partial charge in [0.05, 0.1) is 0 Å². The van der Waals surface area contributed by atoms with Gasteiger partial charge in [0.1, 0.15) is 12.4 Å². The van der Waals surface area contributed by atoms with E-state index in [4.69, 9.17) is 4.74 Å². The third-order valence-electron chi connectivity index (χ3n) is 3.38. The van der Waals surface area contributed by atoms with Gasteiger partial charge in [-0.3, -0.25) is 4.79 Å². The predicted molar refractivity (Wildman–Crippen MR) is 98.3 cm³/mol. The van der Waals surface area contributed by atoms with E-state index in [0.29, 0.717) is 12.2 Å². The van der Waals surface area contributed by atoms with E-state index >= 15 is 0 Å². The fraction of sp³-hybridized carbons (Fsp3) is 0.250. The van der Waals surface area contributed by atoms with Crippen molar-refractivity contribution in [3.63, 3.8) is 0 Å². The molecule has 0 radical (unpaired) electrons. The third-order valence-corrected chi connectivity index (χ3v) is 4.58. The van der Waals surface area contributed by atoms with Gasteiger partial charge in [0.25, 0.3) is 0 Å². The molecule has 0 aliphatic carbocycles. The summed E-state index contributed by atoms with van der Waals surface area (Å²) in [5, 5.41) is 0. The Morgan fingerprint density at radius 1 is 1.04 bits per heavy atom. The Labute approximate surface area is 142 Å². The summed E-state index contributed by atoms with van der Waals surface area (Å²) in [5.74, 6) is 2.89. The molecular weight excluding hydrogens is 304 g/mol. The second kappa shape index (κ2) is 9.21. The highest BCUT2D eigenvalue weighted by Gasteiger charge is 1.99. The molecule has 0 aromatic heterocycles. The molecule has 2 aromatic rings. The summed E-state index contributed by atoms with van der Waals surface area (Å²) in [4.78, 5) is 11.2. The fourth-order valence-corrected chi connectivity index (χ4v) is 3.00. The van der Waals surface area contributed by atoms with E-state index in [9.17, 15) is 4.79 Å². The van der Waals surface area contributed by atoms with Crippen LogP contribution in [0.4, 0.5) is 0 Å². The molecule has 0 amide bonds. The number of carbonyl (C=O) groups excluding carboxylic acids is 1. The summed E-state index contributed by atoms with van der Waals surface area (Å²) in [5.41, 5.74) is 3.37. The maximum Gasteiger partial charge on any atom is 0.159 e. The molecule has 0 fully saturated rings. The number of thioether (sulfide) groups is 1. The lowest BCUT2D eigenvalue weighted by Crippen LogP contribution is -1.97. The van der Waals surface area contributed by atoms with Gasteiger partial charge in [0, 0.05) is 17.1 Å². The van der Waals surface area contributed by atoms with E-state index in [1.165, 1.54) is 11.1 Å². The Bertz CT molecular complexity index is 645. The lowest BCUT2D eigenvalue weighted by molar-refractivity contribution is 0.101. The monoisotopic (exact) mass is 326 g/mol. The van der Waals surface area contributed by atoms with Crippen LogP contribution < -0.4 is 4.74 Å². The Balaban J connectivity index is 1.71. The van der Waals surface area contributed by atoms with Crippen molar-refractivity contribution in [3.8, 4) is 5.75 Å². The van der Waals surface area contributed by atoms with E-state index in [1.54, 1.807) is 19.1 Å². The van der Waals surface area contributed by atoms with Crippen LogP contribution in [0.3, 0.4) is 0 Å². The first kappa shape index (κ1) is 17.4. The summed E-state index contributed by atoms with van der Waals surface area (Å²) in [7, 11) is 0. The summed E-state index contributed by atoms with van der Waals surface area (Å²) >= 11 is 1.90. The predicted octanol–water partition coefficient (Wildman–Crippen LogP) is 5.15. The fourth-order valence-electron chi connectivity index (χ4n) is 2.03. The number of ketones is 1. The van der Waals surface area contributed by atoms with Gasteiger partial charge < -0.3 is 4.74 Å². The van der Waals surface area contributed by atoms with Crippen LogP contribution in [0.5, 0.6) is 5.75 Å². The zero-order valence-corrected chi connectivity index (χ0v) is 14.4. The van der Waals surface area contributed by atoms with Gasteiger partial charge in [-0.25, -0.2) is 0 Å². The summed E-state index contributed by atoms with van der Waals surface area (Å²) in [6.45, 7) is 4.24. The van der Waals surface area contributed by atoms with E-state index < -0.39 is 0 Å². The normalized spacial score (nSPS) is 11.3. The lowest BCUT2D eigenvalue weighted by Gasteiger charge is -2.06. The van der Waals surface area contributed by atoms with Crippen molar-refractivity contribution in [2.75, 3.05) is 12.4 Å². The van der Waals surface area contributed by atoms with Crippen molar-refractivity contribution in [1.29, 1.82) is 0 Å². The third kappa shape index (κ3) is 6.33. The number of carbonyl (C=O) groups is 1. The molecule has 0 unspecified atom stereocenters. The highest BCUT2D eigenvalue weighted by Crippen LogP contribution is 2.16. The van der Waals surface area contributed by atoms with Gasteiger partial charge in [-0.05, 0) is 49.8 Å². The van der Waals surface area contributed by atoms with Crippen molar-refractivity contribution in [2.24, 2.45) is 0 Å². The summed E-state index contributed by atoms with van der Waals surface area (Å²) in [6.07, 6.45) is 2.11. The molecule has 2 nitrogen and oxygen atoms in total. The van der Waals surface area contributed by atoms with Crippen molar-refractivity contribution < 1.29 is 9.53 Å². The van der Waals surface area contributed by atoms with Gasteiger partial charge in [0.2, 0.25) is 0 Å². The largest absolute Gasteiger partial charge is 0.490 e. The van der Waals surface area contributed by atoms with Crippen LogP contribution >= 0.6 is 11.8 Å². The molecule has 0 saturated carbocycles. The standard InChI is InChI=1S/C20H22O2S/c1-16(14-23-15-18-6-4-3-5-7-18)12-13-22-20-10-8-19(9-11-20)17(2)21/h3-12H,13-15H2,1-2H3. The zero-order valence-electron chi connectivity index (χ0n) is 13.6. The minimum absolute atomic E-state index is 0.0720. The minimum Gasteiger partial charge on any atom is -0.490 e. The molecule has 0 saturated heterocycles. The zero-order chi connectivity index (χ0) is 16.5. The summed E-state index contributed by atoms with van der Waals surface area (Å²) < 4.78 is 5.68. The van der Waals surface area contributed by atoms with Crippen molar-refractivity contribution >= 4 is 17.5 Å². The molecular formula is C20H22O2S. The van der Waals surface area contributed by atoms with Gasteiger partial charge in [-0.2, -0.15) is 11.8 Å². The van der Waals surface area contributed by atoms with Crippen LogP contribution in [0.2, 0.25) is 0 Å². The first-order valence-electron chi connectivity index (χ1n) is 7.66. The second-order valence-corrected chi connectivity index (χ2v) is 6.41. The van der Waals surface area contributed by atoms with Gasteiger partial charge in [-0.15, -0.1) is 0 Å². The van der Waals surface area contributed by atoms with Gasteiger partial charge >= 0.3 is 0 Å². The smallest absolute Gasteiger partial charge is 0.159 e. The molecule has 0 bridgehead atoms. The first-order chi connectivity index (χ1) is 11.1. The molecule has 2 rings (SSSR count). The van der Waals surface area contributed by atoms with Crippen molar-refractivity contribution in [2.45, 2.75) is 19.6 Å². The van der Waals surface area contributed by atoms with E-state index in [1.807, 2.05) is 30.0 Å². The van der Waals surface area contributed by atoms with Crippen molar-refractivity contribution in [3.05, 3.63) is 77.4 Å². The SMILES string of the molecule is CC(=O)c1ccc(OCC=C(C)CSCc2ccccc2)cc1. The Kier molecular flexibility index (Phi) is 6.95. The van der Waals surface area contributed by atoms with E-state index in [2.05, 4.69) is 37.3 Å². The maximum absolute atomic E-state index is 11.2. The maximum atomic E-state index is 11.2. The number of Topliss-reactive ketones (excluding diaryl/α,β-unsaturated/α-hetero) is 1. The lowest BCUT2D eigenvalue weighted by atomic mass is 10.1. The first-order valence-corrected chi connectivity index (χ1v) is 8.82. The Morgan fingerprint density at radius 2 is 1.74 bits per heavy atom. The quantitative estimate of drug-likeness (QED) is 0.496. The molecule has 0 aliphatic heterocycles. The average Bonchev–Trinajstić information content (AvgIpc) is 2.56. The molecule has 0 spiro atoms. The van der Waals surface area contributed by atoms with Crippen LogP contribution in [0.15, 0.2) is 66.2 Å². The number of benzene rings is 2. The van der Waals surface area contributed by atoms with Crippen LogP contribution in [0.25, 0.3) is 0 Å². The second-order valence-electron chi connectivity index (χ2n) is 5.42. The molecule has 23 heavy (non-hydrogen) atoms. The van der Waals surface area contributed by atoms with E-state index in [-0.39, 0.29) is 5.78 Å². The van der Waals surface area contributed by atoms with Gasteiger partial charge in [-0.1, -0.05) is 35.9 Å². The highest BCUT2D eigenvalue weighted by atomic mass is 32.2. The average molecular weight is 326 g/mol. The molecule has 2 aromatic carbocycles. The van der Waals surface area contributed by atoms with Crippen LogP contribution in [0, 0.1) is 0 Å². The molecule has 3 heteroatoms. The minimum atomic E-state index is 0.0720. The molecule has 0 aliphatic rings. The van der Waals surface area contributed by atoms with Crippen LogP contribution in [0.1, 0.15) is 29.8 Å². The number of ether oxygens (including phenoxy) is 1. The highest BCUT2D eigenvalue weighted by molar-refractivity contribution is 7.98. The Morgan fingerprint density at radius 3 is 2.39 bits per heavy atom. The van der Waals surface area contributed by atoms with Crippen LogP contribution in [-0.4, -0.2) is 18.1 Å². The molecule has 0 heterocycles. The van der Waals surface area contributed by atoms with E-state index in [0.717, 1.165) is 17.3 Å². The molecule has 120 valence electrons. The number of hydrogen-bond donors (Lipinski definition) is 0. The number of rotatable bonds is 8.